The monoisotopic (exact) mass is 156 g/mol. The molecule has 11 heavy (non-hydrogen) atoms. The van der Waals surface area contributed by atoms with Gasteiger partial charge in [-0.25, -0.2) is 4.79 Å². The van der Waals surface area contributed by atoms with E-state index in [-0.39, 0.29) is 13.2 Å². The summed E-state index contributed by atoms with van der Waals surface area (Å²) in [6.45, 7) is -0.298. The Morgan fingerprint density at radius 3 is 2.82 bits per heavy atom. The van der Waals surface area contributed by atoms with Gasteiger partial charge in [0, 0.05) is 0 Å². The Labute approximate surface area is 62.5 Å². The van der Waals surface area contributed by atoms with Gasteiger partial charge in [0.25, 0.3) is 5.91 Å². The number of aliphatic hydroxyl groups excluding tert-OH is 1. The fourth-order valence-corrected chi connectivity index (χ4v) is 0.651. The minimum Gasteiger partial charge on any atom is -0.395 e. The molecule has 59 valence electrons. The van der Waals surface area contributed by atoms with Crippen LogP contribution in [0.25, 0.3) is 0 Å². The normalized spacial score (nSPS) is 17.0. The van der Waals surface area contributed by atoms with Crippen molar-refractivity contribution in [2.24, 2.45) is 5.10 Å². The molecule has 0 bridgehead atoms. The molecule has 0 fully saturated rings. The second-order valence-electron chi connectivity index (χ2n) is 1.84. The van der Waals surface area contributed by atoms with Gasteiger partial charge in [0.2, 0.25) is 0 Å². The molecule has 6 nitrogen and oxygen atoms in total. The lowest BCUT2D eigenvalue weighted by Gasteiger charge is -2.17. The molecule has 0 unspecified atom stereocenters. The maximum absolute atomic E-state index is 10.8. The van der Waals surface area contributed by atoms with Gasteiger partial charge in [-0.3, -0.25) is 9.69 Å². The van der Waals surface area contributed by atoms with Crippen molar-refractivity contribution in [1.29, 1.82) is 0 Å². The number of hydrogen-bond acceptors (Lipinski definition) is 4. The zero-order valence-corrected chi connectivity index (χ0v) is 5.60. The van der Waals surface area contributed by atoms with Crippen LogP contribution in [-0.4, -0.2) is 41.3 Å². The Morgan fingerprint density at radius 1 is 1.55 bits per heavy atom. The predicted octanol–water partition coefficient (Wildman–Crippen LogP) is -1.47. The summed E-state index contributed by atoms with van der Waals surface area (Å²) in [7, 11) is 0. The van der Waals surface area contributed by atoms with Crippen LogP contribution in [0.15, 0.2) is 5.10 Å². The molecule has 0 aromatic rings. The highest BCUT2D eigenvalue weighted by Crippen LogP contribution is 1.94. The average Bonchev–Trinajstić information content (AvgIpc) is 1.97. The van der Waals surface area contributed by atoms with E-state index in [1.165, 1.54) is 0 Å². The van der Waals surface area contributed by atoms with Crippen molar-refractivity contribution in [2.75, 3.05) is 13.2 Å². The van der Waals surface area contributed by atoms with Gasteiger partial charge in [-0.05, 0) is 0 Å². The molecule has 1 radical (unpaired) electrons. The number of carbonyl (C=O) groups excluding carboxylic acids is 2. The van der Waals surface area contributed by atoms with Crippen LogP contribution < -0.4 is 5.43 Å². The third kappa shape index (κ3) is 1.53. The lowest BCUT2D eigenvalue weighted by atomic mass is 10.5. The van der Waals surface area contributed by atoms with Crippen LogP contribution in [-0.2, 0) is 4.79 Å². The maximum Gasteiger partial charge on any atom is 0.369 e. The lowest BCUT2D eigenvalue weighted by molar-refractivity contribution is -0.121. The van der Waals surface area contributed by atoms with Crippen molar-refractivity contribution < 1.29 is 14.7 Å². The van der Waals surface area contributed by atoms with Gasteiger partial charge >= 0.3 is 6.03 Å². The Kier molecular flexibility index (Phi) is 2.17. The highest BCUT2D eigenvalue weighted by molar-refractivity contribution is 6.30. The van der Waals surface area contributed by atoms with Gasteiger partial charge < -0.3 is 5.11 Å². The standard InChI is InChI=1S/C5H6N3O3/c9-2-1-8-4(10)3-6-7-5(8)11/h3,9H,1-2H2. The van der Waals surface area contributed by atoms with E-state index in [0.29, 0.717) is 0 Å². The molecule has 0 spiro atoms. The first-order valence-electron chi connectivity index (χ1n) is 2.96. The summed E-state index contributed by atoms with van der Waals surface area (Å²) in [6.07, 6.45) is 0.928. The zero-order chi connectivity index (χ0) is 8.27. The molecule has 3 amide bonds. The third-order valence-electron chi connectivity index (χ3n) is 1.13. The molecule has 0 aromatic carbocycles. The van der Waals surface area contributed by atoms with Crippen molar-refractivity contribution in [2.45, 2.75) is 0 Å². The molecule has 0 saturated heterocycles. The predicted molar refractivity (Wildman–Crippen MR) is 34.8 cm³/mol. The molecule has 1 rings (SSSR count). The minimum atomic E-state index is -0.730. The van der Waals surface area contributed by atoms with Gasteiger partial charge in [0.15, 0.2) is 0 Å². The van der Waals surface area contributed by atoms with E-state index in [0.717, 1.165) is 11.1 Å². The molecule has 1 aliphatic heterocycles. The van der Waals surface area contributed by atoms with Crippen LogP contribution in [0, 0.1) is 0 Å². The molecular weight excluding hydrogens is 150 g/mol. The van der Waals surface area contributed by atoms with Crippen LogP contribution >= 0.6 is 0 Å². The molecule has 6 heteroatoms. The van der Waals surface area contributed by atoms with Crippen LogP contribution in [0.3, 0.4) is 0 Å². The lowest BCUT2D eigenvalue weighted by Crippen LogP contribution is -2.45. The van der Waals surface area contributed by atoms with Gasteiger partial charge in [0.1, 0.15) is 6.21 Å². The summed E-state index contributed by atoms with van der Waals surface area (Å²) >= 11 is 0. The van der Waals surface area contributed by atoms with E-state index in [4.69, 9.17) is 5.11 Å². The molecular formula is C5H6N3O3. The molecule has 1 N–H and O–H groups in total. The zero-order valence-electron chi connectivity index (χ0n) is 5.60. The summed E-state index contributed by atoms with van der Waals surface area (Å²) < 4.78 is 0. The number of β-amino-alcohol motifs (C(OH)–C–C–N with tert-alkyl or cyclic N) is 1. The Hall–Kier alpha value is -1.43. The second-order valence-corrected chi connectivity index (χ2v) is 1.84. The van der Waals surface area contributed by atoms with Crippen molar-refractivity contribution in [3.05, 3.63) is 0 Å². The van der Waals surface area contributed by atoms with E-state index >= 15 is 0 Å². The summed E-state index contributed by atoms with van der Waals surface area (Å²) in [6, 6.07) is -0.730. The summed E-state index contributed by atoms with van der Waals surface area (Å²) in [5.41, 5.74) is 3.10. The molecule has 1 aliphatic rings. The van der Waals surface area contributed by atoms with Gasteiger partial charge in [0.05, 0.1) is 13.2 Å². The first-order valence-corrected chi connectivity index (χ1v) is 2.96. The highest BCUT2D eigenvalue weighted by Gasteiger charge is 2.23. The van der Waals surface area contributed by atoms with E-state index in [1.807, 2.05) is 0 Å². The number of urea groups is 1. The summed E-state index contributed by atoms with van der Waals surface area (Å²) in [5, 5.41) is 11.6. The topological polar surface area (TPSA) is 84.1 Å². The maximum atomic E-state index is 10.8. The molecule has 0 atom stereocenters. The number of hydrogen-bond donors (Lipinski definition) is 1. The molecule has 1 heterocycles. The number of rotatable bonds is 2. The average molecular weight is 156 g/mol. The minimum absolute atomic E-state index is 0.0345. The van der Waals surface area contributed by atoms with E-state index < -0.39 is 11.9 Å². The fourth-order valence-electron chi connectivity index (χ4n) is 0.651. The number of imide groups is 1. The van der Waals surface area contributed by atoms with Crippen molar-refractivity contribution in [1.82, 2.24) is 10.3 Å². The van der Waals surface area contributed by atoms with Gasteiger partial charge in [-0.1, -0.05) is 5.43 Å². The fraction of sp³-hybridized carbons (Fsp3) is 0.400. The second kappa shape index (κ2) is 3.11. The Bertz CT molecular complexity index is 213. The first-order chi connectivity index (χ1) is 5.25. The van der Waals surface area contributed by atoms with E-state index in [2.05, 4.69) is 10.5 Å². The number of amides is 3. The Balaban J connectivity index is 2.67. The quantitative estimate of drug-likeness (QED) is 0.529. The smallest absolute Gasteiger partial charge is 0.369 e. The number of carbonyl (C=O) groups is 2. The first kappa shape index (κ1) is 7.67. The van der Waals surface area contributed by atoms with Crippen LogP contribution in [0.5, 0.6) is 0 Å². The Morgan fingerprint density at radius 2 is 2.27 bits per heavy atom. The van der Waals surface area contributed by atoms with Gasteiger partial charge in [-0.2, -0.15) is 0 Å². The van der Waals surface area contributed by atoms with Crippen molar-refractivity contribution in [3.8, 4) is 0 Å². The van der Waals surface area contributed by atoms with Crippen LogP contribution in [0.4, 0.5) is 4.79 Å². The van der Waals surface area contributed by atoms with E-state index in [9.17, 15) is 9.59 Å². The van der Waals surface area contributed by atoms with Crippen molar-refractivity contribution in [3.63, 3.8) is 0 Å². The highest BCUT2D eigenvalue weighted by atomic mass is 16.3. The summed E-state index contributed by atoms with van der Waals surface area (Å²) in [4.78, 5) is 22.3. The van der Waals surface area contributed by atoms with Gasteiger partial charge in [-0.15, -0.1) is 5.10 Å². The van der Waals surface area contributed by atoms with E-state index in [1.54, 1.807) is 0 Å². The van der Waals surface area contributed by atoms with Crippen LogP contribution in [0.1, 0.15) is 0 Å². The largest absolute Gasteiger partial charge is 0.395 e. The third-order valence-corrected chi connectivity index (χ3v) is 1.13. The SMILES string of the molecule is O=C1C=N[N]C(=O)N1CCO. The molecule has 0 aliphatic carbocycles. The van der Waals surface area contributed by atoms with Crippen LogP contribution in [0.2, 0.25) is 0 Å². The van der Waals surface area contributed by atoms with Crippen molar-refractivity contribution >= 4 is 18.2 Å². The number of nitrogens with zero attached hydrogens (tertiary/aromatic N) is 3. The molecule has 0 saturated carbocycles. The number of aliphatic hydroxyl groups is 1. The molecule has 0 aromatic heterocycles. The summed E-state index contributed by atoms with van der Waals surface area (Å²) in [5.74, 6) is -0.543.